The highest BCUT2D eigenvalue weighted by Gasteiger charge is 2.21. The van der Waals surface area contributed by atoms with Gasteiger partial charge < -0.3 is 10.2 Å². The normalized spacial score (nSPS) is 14.9. The van der Waals surface area contributed by atoms with Crippen LogP contribution in [-0.4, -0.2) is 54.3 Å². The second kappa shape index (κ2) is 10.00. The molecule has 0 unspecified atom stereocenters. The van der Waals surface area contributed by atoms with E-state index in [-0.39, 0.29) is 24.2 Å². The topological polar surface area (TPSA) is 52.7 Å². The van der Waals surface area contributed by atoms with E-state index in [2.05, 4.69) is 21.2 Å². The van der Waals surface area contributed by atoms with Gasteiger partial charge >= 0.3 is 0 Å². The largest absolute Gasteiger partial charge is 0.337 e. The highest BCUT2D eigenvalue weighted by atomic mass is 79.9. The molecule has 2 aromatic carbocycles. The first kappa shape index (κ1) is 22.2. The molecular weight excluding hydrogens is 449 g/mol. The van der Waals surface area contributed by atoms with Gasteiger partial charge in [-0.2, -0.15) is 0 Å². The number of halogens is 2. The summed E-state index contributed by atoms with van der Waals surface area (Å²) in [4.78, 5) is 28.6. The standard InChI is InChI=1S/C23H25BrFN3O2/c1-16-4-3-5-17(2)23(16)26-21(29)15-27-10-12-28(13-11-27)22(30)9-6-18-14-19(24)7-8-20(18)25/h3-9,14H,10-13,15H2,1-2H3,(H,26,29)/b9-6+. The molecule has 2 amide bonds. The van der Waals surface area contributed by atoms with Gasteiger partial charge in [-0.25, -0.2) is 4.39 Å². The molecular formula is C23H25BrFN3O2. The molecule has 0 saturated carbocycles. The Balaban J connectivity index is 1.49. The number of nitrogens with one attached hydrogen (secondary N) is 1. The zero-order chi connectivity index (χ0) is 21.7. The summed E-state index contributed by atoms with van der Waals surface area (Å²) in [6, 6.07) is 10.5. The molecule has 0 aliphatic carbocycles. The first-order valence-electron chi connectivity index (χ1n) is 9.84. The highest BCUT2D eigenvalue weighted by molar-refractivity contribution is 9.10. The van der Waals surface area contributed by atoms with Crippen LogP contribution in [0, 0.1) is 19.7 Å². The minimum atomic E-state index is -0.373. The van der Waals surface area contributed by atoms with Gasteiger partial charge in [0, 0.05) is 48.0 Å². The second-order valence-electron chi connectivity index (χ2n) is 7.42. The minimum absolute atomic E-state index is 0.0581. The molecule has 1 heterocycles. The molecule has 1 aliphatic heterocycles. The van der Waals surface area contributed by atoms with Gasteiger partial charge in [-0.15, -0.1) is 0 Å². The van der Waals surface area contributed by atoms with Crippen LogP contribution in [0.4, 0.5) is 10.1 Å². The van der Waals surface area contributed by atoms with Gasteiger partial charge in [0.25, 0.3) is 0 Å². The van der Waals surface area contributed by atoms with E-state index >= 15 is 0 Å². The summed E-state index contributed by atoms with van der Waals surface area (Å²) >= 11 is 3.30. The third-order valence-electron chi connectivity index (χ3n) is 5.16. The molecule has 0 radical (unpaired) electrons. The molecule has 1 N–H and O–H groups in total. The lowest BCUT2D eigenvalue weighted by atomic mass is 10.1. The van der Waals surface area contributed by atoms with Crippen molar-refractivity contribution in [3.05, 3.63) is 69.5 Å². The second-order valence-corrected chi connectivity index (χ2v) is 8.33. The summed E-state index contributed by atoms with van der Waals surface area (Å²) < 4.78 is 14.6. The number of para-hydroxylation sites is 1. The number of nitrogens with zero attached hydrogens (tertiary/aromatic N) is 2. The van der Waals surface area contributed by atoms with Crippen LogP contribution in [0.1, 0.15) is 16.7 Å². The van der Waals surface area contributed by atoms with Gasteiger partial charge in [0.1, 0.15) is 5.82 Å². The molecule has 0 aromatic heterocycles. The molecule has 7 heteroatoms. The van der Waals surface area contributed by atoms with Crippen molar-refractivity contribution in [1.29, 1.82) is 0 Å². The van der Waals surface area contributed by atoms with E-state index < -0.39 is 0 Å². The number of benzene rings is 2. The van der Waals surface area contributed by atoms with Crippen molar-refractivity contribution < 1.29 is 14.0 Å². The number of hydrogen-bond acceptors (Lipinski definition) is 3. The van der Waals surface area contributed by atoms with Crippen LogP contribution in [0.3, 0.4) is 0 Å². The van der Waals surface area contributed by atoms with Crippen LogP contribution in [0.5, 0.6) is 0 Å². The van der Waals surface area contributed by atoms with Crippen molar-refractivity contribution >= 4 is 39.5 Å². The van der Waals surface area contributed by atoms with Crippen LogP contribution >= 0.6 is 15.9 Å². The molecule has 3 rings (SSSR count). The fraction of sp³-hybridized carbons (Fsp3) is 0.304. The van der Waals surface area contributed by atoms with Crippen LogP contribution < -0.4 is 5.32 Å². The molecule has 0 bridgehead atoms. The van der Waals surface area contributed by atoms with Crippen molar-refractivity contribution in [3.63, 3.8) is 0 Å². The maximum Gasteiger partial charge on any atom is 0.246 e. The quantitative estimate of drug-likeness (QED) is 0.667. The number of aryl methyl sites for hydroxylation is 2. The van der Waals surface area contributed by atoms with E-state index in [4.69, 9.17) is 0 Å². The van der Waals surface area contributed by atoms with Crippen molar-refractivity contribution in [2.75, 3.05) is 38.0 Å². The Morgan fingerprint density at radius 1 is 1.10 bits per heavy atom. The fourth-order valence-electron chi connectivity index (χ4n) is 3.43. The minimum Gasteiger partial charge on any atom is -0.337 e. The van der Waals surface area contributed by atoms with E-state index in [1.54, 1.807) is 17.0 Å². The zero-order valence-electron chi connectivity index (χ0n) is 17.1. The summed E-state index contributed by atoms with van der Waals surface area (Å²) in [7, 11) is 0. The number of amides is 2. The van der Waals surface area contributed by atoms with E-state index in [0.717, 1.165) is 21.3 Å². The Labute approximate surface area is 184 Å². The fourth-order valence-corrected chi connectivity index (χ4v) is 3.81. The predicted octanol–water partition coefficient (Wildman–Crippen LogP) is 4.00. The highest BCUT2D eigenvalue weighted by Crippen LogP contribution is 2.19. The number of piperazine rings is 1. The third kappa shape index (κ3) is 5.77. The molecule has 1 saturated heterocycles. The van der Waals surface area contributed by atoms with Gasteiger partial charge in [-0.05, 0) is 49.2 Å². The monoisotopic (exact) mass is 473 g/mol. The van der Waals surface area contributed by atoms with Crippen LogP contribution in [0.25, 0.3) is 6.08 Å². The Morgan fingerprint density at radius 3 is 2.43 bits per heavy atom. The summed E-state index contributed by atoms with van der Waals surface area (Å²) in [5.41, 5.74) is 3.29. The number of carbonyl (C=O) groups is 2. The van der Waals surface area contributed by atoms with Crippen molar-refractivity contribution in [3.8, 4) is 0 Å². The van der Waals surface area contributed by atoms with Crippen molar-refractivity contribution in [2.45, 2.75) is 13.8 Å². The molecule has 0 atom stereocenters. The van der Waals surface area contributed by atoms with E-state index in [9.17, 15) is 14.0 Å². The average Bonchev–Trinajstić information content (AvgIpc) is 2.72. The van der Waals surface area contributed by atoms with E-state index in [1.165, 1.54) is 18.2 Å². The first-order valence-corrected chi connectivity index (χ1v) is 10.6. The van der Waals surface area contributed by atoms with Crippen molar-refractivity contribution in [1.82, 2.24) is 9.80 Å². The molecule has 0 spiro atoms. The Kier molecular flexibility index (Phi) is 7.39. The molecule has 30 heavy (non-hydrogen) atoms. The summed E-state index contributed by atoms with van der Waals surface area (Å²) in [5.74, 6) is -0.590. The van der Waals surface area contributed by atoms with Gasteiger partial charge in [-0.1, -0.05) is 34.1 Å². The molecule has 2 aromatic rings. The molecule has 1 fully saturated rings. The number of hydrogen-bond donors (Lipinski definition) is 1. The lowest BCUT2D eigenvalue weighted by Crippen LogP contribution is -2.50. The van der Waals surface area contributed by atoms with Gasteiger partial charge in [-0.3, -0.25) is 14.5 Å². The average molecular weight is 474 g/mol. The number of carbonyl (C=O) groups excluding carboxylic acids is 2. The number of anilines is 1. The zero-order valence-corrected chi connectivity index (χ0v) is 18.7. The third-order valence-corrected chi connectivity index (χ3v) is 5.65. The lowest BCUT2D eigenvalue weighted by molar-refractivity contribution is -0.127. The Bertz CT molecular complexity index is 949. The van der Waals surface area contributed by atoms with Crippen molar-refractivity contribution in [2.24, 2.45) is 0 Å². The Hall–Kier alpha value is -2.51. The van der Waals surface area contributed by atoms with Gasteiger partial charge in [0.15, 0.2) is 0 Å². The first-order chi connectivity index (χ1) is 14.3. The summed E-state index contributed by atoms with van der Waals surface area (Å²) in [6.07, 6.45) is 2.89. The smallest absolute Gasteiger partial charge is 0.246 e. The van der Waals surface area contributed by atoms with E-state index in [0.29, 0.717) is 31.7 Å². The molecule has 1 aliphatic rings. The molecule has 5 nitrogen and oxygen atoms in total. The molecule has 158 valence electrons. The van der Waals surface area contributed by atoms with Gasteiger partial charge in [0.05, 0.1) is 6.54 Å². The predicted molar refractivity (Wildman–Crippen MR) is 121 cm³/mol. The summed E-state index contributed by atoms with van der Waals surface area (Å²) in [6.45, 7) is 6.52. The Morgan fingerprint density at radius 2 is 1.77 bits per heavy atom. The van der Waals surface area contributed by atoms with Crippen LogP contribution in [0.2, 0.25) is 0 Å². The van der Waals surface area contributed by atoms with Gasteiger partial charge in [0.2, 0.25) is 11.8 Å². The van der Waals surface area contributed by atoms with Crippen LogP contribution in [-0.2, 0) is 9.59 Å². The van der Waals surface area contributed by atoms with Crippen LogP contribution in [0.15, 0.2) is 46.9 Å². The lowest BCUT2D eigenvalue weighted by Gasteiger charge is -2.33. The number of rotatable bonds is 5. The van der Waals surface area contributed by atoms with E-state index in [1.807, 2.05) is 36.9 Å². The SMILES string of the molecule is Cc1cccc(C)c1NC(=O)CN1CCN(C(=O)/C=C/c2cc(Br)ccc2F)CC1. The summed E-state index contributed by atoms with van der Waals surface area (Å²) in [5, 5.41) is 3.00. The maximum atomic E-state index is 13.8. The maximum absolute atomic E-state index is 13.8.